The third-order valence-electron chi connectivity index (χ3n) is 7.64. The molecule has 2 amide bonds. The number of imidazole rings is 1. The fraction of sp³-hybridized carbons (Fsp3) is 0.320. The Morgan fingerprint density at radius 3 is 2.67 bits per heavy atom. The van der Waals surface area contributed by atoms with Crippen molar-refractivity contribution in [3.63, 3.8) is 0 Å². The van der Waals surface area contributed by atoms with E-state index in [0.717, 1.165) is 41.2 Å². The first-order valence-corrected chi connectivity index (χ1v) is 12.4. The normalized spacial score (nSPS) is 16.9. The fourth-order valence-electron chi connectivity index (χ4n) is 5.31. The minimum atomic E-state index is -4.45. The number of urea groups is 1. The molecule has 0 bridgehead atoms. The van der Waals surface area contributed by atoms with E-state index in [2.05, 4.69) is 35.3 Å². The highest BCUT2D eigenvalue weighted by Gasteiger charge is 2.61. The van der Waals surface area contributed by atoms with Gasteiger partial charge < -0.3 is 20.1 Å². The van der Waals surface area contributed by atoms with Crippen LogP contribution in [0.3, 0.4) is 0 Å². The van der Waals surface area contributed by atoms with E-state index in [1.807, 2.05) is 16.7 Å². The Kier molecular flexibility index (Phi) is 4.93. The summed E-state index contributed by atoms with van der Waals surface area (Å²) < 4.78 is 49.8. The summed E-state index contributed by atoms with van der Waals surface area (Å²) >= 11 is 0. The van der Waals surface area contributed by atoms with Crippen molar-refractivity contribution in [2.24, 2.45) is 0 Å². The topological polar surface area (TPSA) is 141 Å². The summed E-state index contributed by atoms with van der Waals surface area (Å²) in [7, 11) is 0. The monoisotopic (exact) mass is 537 g/mol. The third kappa shape index (κ3) is 3.61. The zero-order valence-electron chi connectivity index (χ0n) is 20.4. The maximum absolute atomic E-state index is 13.6. The molecule has 2 aliphatic rings. The van der Waals surface area contributed by atoms with E-state index in [-0.39, 0.29) is 24.4 Å². The average molecular weight is 538 g/mol. The molecule has 0 saturated heterocycles. The van der Waals surface area contributed by atoms with Gasteiger partial charge >= 0.3 is 12.2 Å². The summed E-state index contributed by atoms with van der Waals surface area (Å²) in [6.45, 7) is 0. The molecule has 11 nitrogen and oxygen atoms in total. The van der Waals surface area contributed by atoms with Crippen LogP contribution in [-0.4, -0.2) is 41.3 Å². The van der Waals surface area contributed by atoms with E-state index >= 15 is 0 Å². The Morgan fingerprint density at radius 1 is 1.13 bits per heavy atom. The molecular weight excluding hydrogens is 515 g/mol. The predicted octanol–water partition coefficient (Wildman–Crippen LogP) is 5.28. The lowest BCUT2D eigenvalue weighted by atomic mass is 9.66. The summed E-state index contributed by atoms with van der Waals surface area (Å²) in [5.74, 6) is 0.183. The molecule has 0 radical (unpaired) electrons. The number of pyridine rings is 1. The highest BCUT2D eigenvalue weighted by Crippen LogP contribution is 2.54. The molecule has 0 aliphatic heterocycles. The molecule has 2 fully saturated rings. The maximum Gasteiger partial charge on any atom is 0.400 e. The number of nitrogens with two attached hydrogens (primary N) is 1. The molecule has 5 aromatic rings. The van der Waals surface area contributed by atoms with Crippen molar-refractivity contribution >= 4 is 40.1 Å². The molecule has 0 aromatic carbocycles. The molecule has 39 heavy (non-hydrogen) atoms. The first-order chi connectivity index (χ1) is 18.7. The summed E-state index contributed by atoms with van der Waals surface area (Å²) in [6, 6.07) is 4.29. The molecule has 14 heteroatoms. The number of alkyl halides is 3. The molecule has 5 aromatic heterocycles. The van der Waals surface area contributed by atoms with Crippen molar-refractivity contribution in [3.8, 4) is 11.3 Å². The minimum absolute atomic E-state index is 0.0595. The Bertz CT molecular complexity index is 1740. The van der Waals surface area contributed by atoms with Crippen molar-refractivity contribution in [1.82, 2.24) is 29.1 Å². The first kappa shape index (κ1) is 23.5. The fourth-order valence-corrected chi connectivity index (χ4v) is 5.31. The van der Waals surface area contributed by atoms with Gasteiger partial charge in [0.05, 0.1) is 16.8 Å². The largest absolute Gasteiger partial charge is 0.400 e. The Hall–Kier alpha value is -4.62. The second-order valence-electron chi connectivity index (χ2n) is 9.98. The summed E-state index contributed by atoms with van der Waals surface area (Å²) in [6.07, 6.45) is 4.83. The summed E-state index contributed by atoms with van der Waals surface area (Å²) in [5, 5.41) is 9.44. The van der Waals surface area contributed by atoms with Gasteiger partial charge in [0.15, 0.2) is 5.65 Å². The van der Waals surface area contributed by atoms with Crippen LogP contribution >= 0.6 is 0 Å². The molecule has 5 heterocycles. The van der Waals surface area contributed by atoms with E-state index in [0.29, 0.717) is 29.6 Å². The van der Waals surface area contributed by atoms with E-state index in [1.54, 1.807) is 18.5 Å². The van der Waals surface area contributed by atoms with Gasteiger partial charge in [-0.3, -0.25) is 9.72 Å². The lowest BCUT2D eigenvalue weighted by molar-refractivity contribution is -0.214. The predicted molar refractivity (Wildman–Crippen MR) is 135 cm³/mol. The smallest absolute Gasteiger partial charge is 0.383 e. The van der Waals surface area contributed by atoms with Gasteiger partial charge in [0.1, 0.15) is 28.9 Å². The molecular formula is C25H22F3N9O2. The maximum atomic E-state index is 13.6. The van der Waals surface area contributed by atoms with Crippen LogP contribution in [0.4, 0.5) is 35.4 Å². The van der Waals surface area contributed by atoms with Gasteiger partial charge in [0.2, 0.25) is 5.88 Å². The molecule has 0 atom stereocenters. The number of carbonyl (C=O) groups excluding carboxylic acids is 1. The van der Waals surface area contributed by atoms with Crippen LogP contribution in [0.25, 0.3) is 27.9 Å². The molecule has 7 rings (SSSR count). The number of aromatic nitrogens is 6. The molecule has 0 unspecified atom stereocenters. The number of hydrogen-bond acceptors (Lipinski definition) is 7. The summed E-state index contributed by atoms with van der Waals surface area (Å²) in [4.78, 5) is 25.8. The zero-order chi connectivity index (χ0) is 26.9. The van der Waals surface area contributed by atoms with Gasteiger partial charge in [0.25, 0.3) is 0 Å². The van der Waals surface area contributed by atoms with Gasteiger partial charge in [-0.25, -0.2) is 19.7 Å². The van der Waals surface area contributed by atoms with Crippen LogP contribution in [0.15, 0.2) is 47.6 Å². The molecule has 200 valence electrons. The highest BCUT2D eigenvalue weighted by molar-refractivity contribution is 6.03. The third-order valence-corrected chi connectivity index (χ3v) is 7.64. The Morgan fingerprint density at radius 2 is 1.95 bits per heavy atom. The van der Waals surface area contributed by atoms with Gasteiger partial charge in [-0.15, -0.1) is 0 Å². The first-order valence-electron chi connectivity index (χ1n) is 12.4. The lowest BCUT2D eigenvalue weighted by Crippen LogP contribution is -2.48. The van der Waals surface area contributed by atoms with E-state index in [4.69, 9.17) is 10.3 Å². The van der Waals surface area contributed by atoms with Crippen LogP contribution in [0.5, 0.6) is 0 Å². The van der Waals surface area contributed by atoms with Gasteiger partial charge in [0, 0.05) is 36.3 Å². The van der Waals surface area contributed by atoms with Gasteiger partial charge in [-0.05, 0) is 37.8 Å². The molecule has 2 aliphatic carbocycles. The van der Waals surface area contributed by atoms with Gasteiger partial charge in [-0.2, -0.15) is 13.2 Å². The Balaban J connectivity index is 1.17. The van der Waals surface area contributed by atoms with Crippen molar-refractivity contribution < 1.29 is 22.5 Å². The van der Waals surface area contributed by atoms with Crippen molar-refractivity contribution in [2.75, 3.05) is 16.4 Å². The minimum Gasteiger partial charge on any atom is -0.383 e. The number of halogens is 3. The van der Waals surface area contributed by atoms with E-state index < -0.39 is 17.6 Å². The number of nitrogen functional groups attached to an aromatic ring is 1. The average Bonchev–Trinajstić information content (AvgIpc) is 3.23. The lowest BCUT2D eigenvalue weighted by Gasteiger charge is -2.41. The summed E-state index contributed by atoms with van der Waals surface area (Å²) in [5.41, 5.74) is 7.19. The SMILES string of the molecule is Nc1ncnc2c1c(-c1ccc(NC(=O)Nc3cc(C4(C(F)(F)F)CCC4)no3)c3nccn13)cn2C1CC1. The number of rotatable bonds is 5. The molecule has 0 spiro atoms. The zero-order valence-corrected chi connectivity index (χ0v) is 20.4. The van der Waals surface area contributed by atoms with Crippen molar-refractivity contribution in [2.45, 2.75) is 49.7 Å². The second-order valence-corrected chi connectivity index (χ2v) is 9.98. The van der Waals surface area contributed by atoms with Crippen LogP contribution in [0.1, 0.15) is 43.8 Å². The number of nitrogens with zero attached hydrogens (tertiary/aromatic N) is 6. The van der Waals surface area contributed by atoms with Crippen molar-refractivity contribution in [3.05, 3.63) is 48.8 Å². The number of fused-ring (bicyclic) bond motifs is 2. The van der Waals surface area contributed by atoms with E-state index in [9.17, 15) is 18.0 Å². The van der Waals surface area contributed by atoms with Crippen LogP contribution in [0.2, 0.25) is 0 Å². The number of nitrogens with one attached hydrogen (secondary N) is 2. The Labute approximate surface area is 218 Å². The number of hydrogen-bond donors (Lipinski definition) is 3. The number of carbonyl (C=O) groups is 1. The van der Waals surface area contributed by atoms with E-state index in [1.165, 1.54) is 6.33 Å². The molecule has 2 saturated carbocycles. The number of anilines is 3. The van der Waals surface area contributed by atoms with Gasteiger partial charge in [-0.1, -0.05) is 11.6 Å². The van der Waals surface area contributed by atoms with Crippen molar-refractivity contribution in [1.29, 1.82) is 0 Å². The standard InChI is InChI=1S/C25H22F3N9O2/c26-25(27,28)24(6-1-7-24)17-10-18(39-35-17)34-23(38)33-15-4-5-16(36-9-8-30-21(15)36)14-11-37(13-2-3-13)22-19(14)20(29)31-12-32-22/h4-5,8-13H,1-3,6-7H2,(H2,29,31,32)(H2,33,34,38). The second kappa shape index (κ2) is 8.19. The van der Waals surface area contributed by atoms with Crippen LogP contribution < -0.4 is 16.4 Å². The number of amides is 2. The molecule has 4 N–H and O–H groups in total. The highest BCUT2D eigenvalue weighted by atomic mass is 19.4. The van der Waals surface area contributed by atoms with Crippen LogP contribution in [-0.2, 0) is 5.41 Å². The quantitative estimate of drug-likeness (QED) is 0.277. The van der Waals surface area contributed by atoms with Crippen LogP contribution in [0, 0.1) is 0 Å².